The van der Waals surface area contributed by atoms with Crippen LogP contribution in [0.25, 0.3) is 43.2 Å². The number of likely N-dealkylation sites (N-methyl/N-ethyl adjacent to an activating group) is 1. The lowest BCUT2D eigenvalue weighted by Crippen LogP contribution is -2.49. The van der Waals surface area contributed by atoms with Crippen molar-refractivity contribution >= 4 is 39.1 Å². The molecule has 13 nitrogen and oxygen atoms in total. The fraction of sp³-hybridized carbons (Fsp3) is 0.340. The molecule has 4 aromatic carbocycles. The average molecular weight is 974 g/mol. The number of hydrogen-bond acceptors (Lipinski definition) is 14. The van der Waals surface area contributed by atoms with Crippen LogP contribution in [0.2, 0.25) is 5.02 Å². The number of thiophene rings is 1. The molecule has 7 aromatic rings. The number of carbonyl (C=O) groups is 1. The Morgan fingerprint density at radius 2 is 1.72 bits per heavy atom. The summed E-state index contributed by atoms with van der Waals surface area (Å²) in [7, 11) is 3.78. The summed E-state index contributed by atoms with van der Waals surface area (Å²) >= 11 is 8.72. The molecule has 16 heteroatoms. The van der Waals surface area contributed by atoms with Gasteiger partial charge in [0, 0.05) is 74.0 Å². The second-order valence-electron chi connectivity index (χ2n) is 18.2. The topological polar surface area (TPSA) is 130 Å². The highest BCUT2D eigenvalue weighted by Crippen LogP contribution is 2.50. The van der Waals surface area contributed by atoms with Crippen molar-refractivity contribution < 1.29 is 37.6 Å². The number of rotatable bonds is 10. The minimum absolute atomic E-state index is 0.00294. The summed E-state index contributed by atoms with van der Waals surface area (Å²) in [6.45, 7) is 12.2. The number of hydrogen-bond donors (Lipinski definition) is 0. The van der Waals surface area contributed by atoms with Crippen LogP contribution in [0.3, 0.4) is 0 Å². The van der Waals surface area contributed by atoms with E-state index in [9.17, 15) is 9.18 Å². The van der Waals surface area contributed by atoms with E-state index in [1.807, 2.05) is 82.3 Å². The molecule has 0 unspecified atom stereocenters. The lowest BCUT2D eigenvalue weighted by atomic mass is 9.96. The number of aromatic nitrogens is 4. The van der Waals surface area contributed by atoms with Gasteiger partial charge in [-0.1, -0.05) is 54.1 Å². The molecule has 0 aliphatic carbocycles. The number of halogens is 2. The third-order valence-corrected chi connectivity index (χ3v) is 13.6. The number of fused-ring (bicyclic) bond motifs is 7. The van der Waals surface area contributed by atoms with Gasteiger partial charge in [-0.15, -0.1) is 11.3 Å². The first kappa shape index (κ1) is 47.8. The first-order valence-corrected chi connectivity index (χ1v) is 24.1. The number of methoxy groups -OCH3 is 1. The second-order valence-corrected chi connectivity index (χ2v) is 19.6. The quantitative estimate of drug-likeness (QED) is 0.121. The highest BCUT2D eigenvalue weighted by atomic mass is 35.5. The van der Waals surface area contributed by atoms with Crippen LogP contribution in [-0.4, -0.2) is 107 Å². The molecule has 3 aromatic heterocycles. The van der Waals surface area contributed by atoms with Crippen LogP contribution in [0.1, 0.15) is 43.2 Å². The van der Waals surface area contributed by atoms with E-state index in [4.69, 9.17) is 50.0 Å². The van der Waals surface area contributed by atoms with Crippen molar-refractivity contribution in [3.63, 3.8) is 0 Å². The fourth-order valence-corrected chi connectivity index (χ4v) is 9.85. The molecule has 358 valence electrons. The maximum Gasteiger partial charge on any atom is 0.348 e. The first-order valence-electron chi connectivity index (χ1n) is 22.9. The van der Waals surface area contributed by atoms with Crippen LogP contribution in [0.5, 0.6) is 23.1 Å². The van der Waals surface area contributed by atoms with Gasteiger partial charge in [-0.2, -0.15) is 0 Å². The monoisotopic (exact) mass is 972 g/mol. The van der Waals surface area contributed by atoms with E-state index in [0.717, 1.165) is 58.9 Å². The molecule has 0 amide bonds. The molecule has 10 rings (SSSR count). The highest BCUT2D eigenvalue weighted by Gasteiger charge is 2.33. The Morgan fingerprint density at radius 1 is 0.928 bits per heavy atom. The van der Waals surface area contributed by atoms with Crippen LogP contribution >= 0.6 is 22.9 Å². The molecule has 3 aliphatic rings. The van der Waals surface area contributed by atoms with Crippen LogP contribution in [0, 0.1) is 12.7 Å². The molecule has 0 radical (unpaired) electrons. The average Bonchev–Trinajstić information content (AvgIpc) is 3.72. The van der Waals surface area contributed by atoms with Gasteiger partial charge in [-0.25, -0.2) is 29.1 Å². The number of esters is 1. The molecular weight excluding hydrogens is 919 g/mol. The van der Waals surface area contributed by atoms with E-state index in [-0.39, 0.29) is 31.3 Å². The van der Waals surface area contributed by atoms with Crippen molar-refractivity contribution in [1.29, 1.82) is 0 Å². The number of benzene rings is 4. The summed E-state index contributed by atoms with van der Waals surface area (Å²) in [6.07, 6.45) is 1.45. The molecule has 1 fully saturated rings. The van der Waals surface area contributed by atoms with Gasteiger partial charge in [0.05, 0.1) is 22.7 Å². The zero-order valence-electron chi connectivity index (χ0n) is 39.5. The minimum atomic E-state index is -1.24. The normalized spacial score (nSPS) is 16.9. The van der Waals surface area contributed by atoms with Gasteiger partial charge >= 0.3 is 5.97 Å². The Morgan fingerprint density at radius 3 is 2.51 bits per heavy atom. The van der Waals surface area contributed by atoms with Crippen LogP contribution < -0.4 is 18.9 Å². The molecule has 2 atom stereocenters. The van der Waals surface area contributed by atoms with Gasteiger partial charge in [0.2, 0.25) is 12.0 Å². The Kier molecular flexibility index (Phi) is 14.4. The third kappa shape index (κ3) is 11.1. The standard InChI is InChI=1S/C53H54ClFN6O7S/c1-32-40-16-18-43(47(32)54)66-39(27-61-23-21-60(5)22-24-61)30-64-38-15-17-42(65-29-37-19-20-56-49(59-37)41-10-8-7-9-34(41)28-63-6)35(25-38)26-44(52(62)68-53(2,3)4)67-50-46-45(40)48(69-51(46)58-31-57-50)33-11-13-36(55)14-12-33/h7-20,25,31,39,44H,21-24,26-30H2,1-6H3/t39-,44-/m1/s1. The Bertz CT molecular complexity index is 2960. The molecule has 4 bridgehead atoms. The maximum atomic E-state index is 14.5. The summed E-state index contributed by atoms with van der Waals surface area (Å²) in [4.78, 5) is 39.4. The van der Waals surface area contributed by atoms with Crippen molar-refractivity contribution in [3.05, 3.63) is 131 Å². The van der Waals surface area contributed by atoms with Crippen molar-refractivity contribution in [2.24, 2.45) is 0 Å². The Balaban J connectivity index is 1.16. The minimum Gasteiger partial charge on any atom is -0.490 e. The SMILES string of the molecule is COCc1ccccc1-c1nccc(COc2ccc3cc2C[C@H](C(=O)OC(C)(C)C)Oc2ncnc4sc(-c5ccc(F)cc5)c(c24)-c2ccc(c(Cl)c2C)O[C@H](CN2CCN(C)CC2)CO3)n1. The van der Waals surface area contributed by atoms with E-state index in [2.05, 4.69) is 26.8 Å². The highest BCUT2D eigenvalue weighted by molar-refractivity contribution is 7.22. The number of carbonyl (C=O) groups excluding carboxylic acids is 1. The predicted octanol–water partition coefficient (Wildman–Crippen LogP) is 10.0. The number of piperazine rings is 1. The van der Waals surface area contributed by atoms with E-state index >= 15 is 0 Å². The smallest absolute Gasteiger partial charge is 0.348 e. The first-order chi connectivity index (χ1) is 33.3. The predicted molar refractivity (Wildman–Crippen MR) is 265 cm³/mol. The van der Waals surface area contributed by atoms with Crippen LogP contribution in [-0.2, 0) is 33.9 Å². The molecule has 0 saturated carbocycles. The molecule has 6 heterocycles. The van der Waals surface area contributed by atoms with E-state index in [1.54, 1.807) is 31.5 Å². The van der Waals surface area contributed by atoms with E-state index in [1.165, 1.54) is 29.8 Å². The lowest BCUT2D eigenvalue weighted by molar-refractivity contribution is -0.163. The van der Waals surface area contributed by atoms with Crippen molar-refractivity contribution in [2.75, 3.05) is 53.5 Å². The van der Waals surface area contributed by atoms with Crippen molar-refractivity contribution in [1.82, 2.24) is 29.7 Å². The van der Waals surface area contributed by atoms with E-state index < -0.39 is 23.8 Å². The number of nitrogens with zero attached hydrogens (tertiary/aromatic N) is 6. The van der Waals surface area contributed by atoms with E-state index in [0.29, 0.717) is 68.3 Å². The van der Waals surface area contributed by atoms with Crippen LogP contribution in [0.4, 0.5) is 4.39 Å². The molecule has 1 saturated heterocycles. The Labute approximate surface area is 410 Å². The van der Waals surface area contributed by atoms with Crippen molar-refractivity contribution in [2.45, 2.75) is 65.1 Å². The number of ether oxygens (including phenoxy) is 6. The largest absolute Gasteiger partial charge is 0.490 e. The van der Waals surface area contributed by atoms with Crippen LogP contribution in [0.15, 0.2) is 97.5 Å². The molecule has 3 aliphatic heterocycles. The maximum absolute atomic E-state index is 14.5. The van der Waals surface area contributed by atoms with Gasteiger partial charge in [0.1, 0.15) is 59.1 Å². The zero-order chi connectivity index (χ0) is 48.2. The molecule has 69 heavy (non-hydrogen) atoms. The summed E-state index contributed by atoms with van der Waals surface area (Å²) in [5.74, 6) is 1.23. The summed E-state index contributed by atoms with van der Waals surface area (Å²) in [6, 6.07) is 25.3. The van der Waals surface area contributed by atoms with Gasteiger partial charge in [0.15, 0.2) is 5.82 Å². The van der Waals surface area contributed by atoms with Crippen molar-refractivity contribution in [3.8, 4) is 56.1 Å². The van der Waals surface area contributed by atoms with Gasteiger partial charge in [-0.3, -0.25) is 4.90 Å². The lowest BCUT2D eigenvalue weighted by Gasteiger charge is -2.34. The molecular formula is C53H54ClFN6O7S. The fourth-order valence-electron chi connectivity index (χ4n) is 8.49. The second kappa shape index (κ2) is 20.8. The molecule has 0 spiro atoms. The van der Waals surface area contributed by atoms with Gasteiger partial charge in [-0.05, 0) is 99.5 Å². The summed E-state index contributed by atoms with van der Waals surface area (Å²) in [5, 5.41) is 0.981. The Hall–Kier alpha value is -6.23. The summed E-state index contributed by atoms with van der Waals surface area (Å²) in [5.41, 5.74) is 5.18. The van der Waals surface area contributed by atoms with Gasteiger partial charge in [0.25, 0.3) is 0 Å². The van der Waals surface area contributed by atoms with Gasteiger partial charge < -0.3 is 33.3 Å². The third-order valence-electron chi connectivity index (χ3n) is 12.0. The summed E-state index contributed by atoms with van der Waals surface area (Å²) < 4.78 is 52.8. The molecule has 0 N–H and O–H groups in total. The zero-order valence-corrected chi connectivity index (χ0v) is 41.0.